The summed E-state index contributed by atoms with van der Waals surface area (Å²) in [6.45, 7) is 6.88. The quantitative estimate of drug-likeness (QED) is 0.355. The van der Waals surface area contributed by atoms with Gasteiger partial charge in [0.2, 0.25) is 0 Å². The van der Waals surface area contributed by atoms with Gasteiger partial charge in [0.1, 0.15) is 6.61 Å². The van der Waals surface area contributed by atoms with Crippen LogP contribution in [0.1, 0.15) is 20.3 Å². The first-order chi connectivity index (χ1) is 9.70. The first-order valence-corrected chi connectivity index (χ1v) is 6.88. The number of hydrogen-bond donors (Lipinski definition) is 1. The third-order valence-corrected chi connectivity index (χ3v) is 2.17. The zero-order valence-corrected chi connectivity index (χ0v) is 12.3. The zero-order valence-electron chi connectivity index (χ0n) is 12.3. The Morgan fingerprint density at radius 1 is 0.900 bits per heavy atom. The van der Waals surface area contributed by atoms with Crippen LogP contribution in [0.3, 0.4) is 0 Å². The van der Waals surface area contributed by atoms with Crippen LogP contribution in [0.4, 0.5) is 0 Å². The van der Waals surface area contributed by atoms with Gasteiger partial charge in [-0.1, -0.05) is 0 Å². The SMILES string of the molecule is CCOC(CCOCCOCCOCC(=O)O)OCC. The molecule has 0 spiro atoms. The van der Waals surface area contributed by atoms with E-state index in [1.165, 1.54) is 0 Å². The van der Waals surface area contributed by atoms with E-state index in [0.29, 0.717) is 46.1 Å². The van der Waals surface area contributed by atoms with Gasteiger partial charge in [-0.05, 0) is 13.8 Å². The van der Waals surface area contributed by atoms with Crippen LogP contribution in [0.5, 0.6) is 0 Å². The maximum Gasteiger partial charge on any atom is 0.329 e. The Bertz CT molecular complexity index is 217. The van der Waals surface area contributed by atoms with Crippen LogP contribution >= 0.6 is 0 Å². The van der Waals surface area contributed by atoms with Crippen molar-refractivity contribution in [2.45, 2.75) is 26.6 Å². The van der Waals surface area contributed by atoms with Crippen molar-refractivity contribution in [1.82, 2.24) is 0 Å². The van der Waals surface area contributed by atoms with Crippen LogP contribution < -0.4 is 0 Å². The molecule has 0 aliphatic heterocycles. The van der Waals surface area contributed by atoms with Gasteiger partial charge in [0, 0.05) is 19.6 Å². The van der Waals surface area contributed by atoms with Gasteiger partial charge in [-0.3, -0.25) is 0 Å². The highest BCUT2D eigenvalue weighted by molar-refractivity contribution is 5.67. The second kappa shape index (κ2) is 14.7. The molecule has 7 nitrogen and oxygen atoms in total. The van der Waals surface area contributed by atoms with E-state index < -0.39 is 5.97 Å². The maximum absolute atomic E-state index is 10.1. The Labute approximate surface area is 120 Å². The lowest BCUT2D eigenvalue weighted by Crippen LogP contribution is -2.20. The van der Waals surface area contributed by atoms with Crippen molar-refractivity contribution in [1.29, 1.82) is 0 Å². The molecule has 7 heteroatoms. The lowest BCUT2D eigenvalue weighted by molar-refractivity contribution is -0.147. The molecule has 0 saturated heterocycles. The molecule has 0 bridgehead atoms. The normalized spacial score (nSPS) is 11.2. The third kappa shape index (κ3) is 13.7. The summed E-state index contributed by atoms with van der Waals surface area (Å²) < 4.78 is 26.2. The molecule has 0 aliphatic carbocycles. The van der Waals surface area contributed by atoms with Crippen molar-refractivity contribution >= 4 is 5.97 Å². The standard InChI is InChI=1S/C13H26O7/c1-3-19-13(20-4-2)5-6-16-7-8-17-9-10-18-11-12(14)15/h13H,3-11H2,1-2H3,(H,14,15). The van der Waals surface area contributed by atoms with Gasteiger partial charge in [0.05, 0.1) is 33.0 Å². The number of ether oxygens (including phenoxy) is 5. The molecule has 0 rings (SSSR count). The van der Waals surface area contributed by atoms with Gasteiger partial charge in [-0.25, -0.2) is 4.79 Å². The lowest BCUT2D eigenvalue weighted by atomic mass is 10.4. The third-order valence-electron chi connectivity index (χ3n) is 2.17. The number of carboxylic acids is 1. The summed E-state index contributed by atoms with van der Waals surface area (Å²) in [6, 6.07) is 0. The predicted molar refractivity (Wildman–Crippen MR) is 71.7 cm³/mol. The van der Waals surface area contributed by atoms with Crippen LogP contribution in [0.15, 0.2) is 0 Å². The summed E-state index contributed by atoms with van der Waals surface area (Å²) in [4.78, 5) is 10.1. The van der Waals surface area contributed by atoms with Crippen LogP contribution in [0.2, 0.25) is 0 Å². The van der Waals surface area contributed by atoms with Gasteiger partial charge < -0.3 is 28.8 Å². The fourth-order valence-electron chi connectivity index (χ4n) is 1.37. The summed E-state index contributed by atoms with van der Waals surface area (Å²) in [6.07, 6.45) is 0.471. The first-order valence-electron chi connectivity index (χ1n) is 6.88. The van der Waals surface area contributed by atoms with E-state index in [-0.39, 0.29) is 19.5 Å². The summed E-state index contributed by atoms with van der Waals surface area (Å²) >= 11 is 0. The maximum atomic E-state index is 10.1. The Morgan fingerprint density at radius 2 is 1.40 bits per heavy atom. The fraction of sp³-hybridized carbons (Fsp3) is 0.923. The van der Waals surface area contributed by atoms with Crippen LogP contribution in [0, 0.1) is 0 Å². The first kappa shape index (κ1) is 19.3. The second-order valence-electron chi connectivity index (χ2n) is 3.80. The van der Waals surface area contributed by atoms with Gasteiger partial charge in [0.15, 0.2) is 6.29 Å². The molecule has 0 aromatic heterocycles. The van der Waals surface area contributed by atoms with E-state index in [0.717, 1.165) is 0 Å². The van der Waals surface area contributed by atoms with Crippen molar-refractivity contribution in [2.75, 3.05) is 52.9 Å². The molecule has 0 aromatic rings. The van der Waals surface area contributed by atoms with Gasteiger partial charge in [-0.2, -0.15) is 0 Å². The summed E-state index contributed by atoms with van der Waals surface area (Å²) in [5.74, 6) is -0.980. The molecule has 0 aliphatic rings. The molecule has 0 unspecified atom stereocenters. The van der Waals surface area contributed by atoms with Crippen LogP contribution in [-0.4, -0.2) is 70.2 Å². The molecule has 0 atom stereocenters. The minimum atomic E-state index is -0.980. The van der Waals surface area contributed by atoms with E-state index in [9.17, 15) is 4.79 Å². The van der Waals surface area contributed by atoms with Crippen molar-refractivity contribution in [3.63, 3.8) is 0 Å². The van der Waals surface area contributed by atoms with Crippen molar-refractivity contribution < 1.29 is 33.6 Å². The molecular weight excluding hydrogens is 268 g/mol. The molecule has 0 heterocycles. The molecule has 120 valence electrons. The molecule has 0 radical (unpaired) electrons. The molecule has 20 heavy (non-hydrogen) atoms. The number of carbonyl (C=O) groups is 1. The monoisotopic (exact) mass is 294 g/mol. The minimum Gasteiger partial charge on any atom is -0.480 e. The molecule has 0 aromatic carbocycles. The predicted octanol–water partition coefficient (Wildman–Crippen LogP) is 0.910. The molecular formula is C13H26O7. The Morgan fingerprint density at radius 3 is 1.90 bits per heavy atom. The average Bonchev–Trinajstić information content (AvgIpc) is 2.41. The highest BCUT2D eigenvalue weighted by Gasteiger charge is 2.06. The van der Waals surface area contributed by atoms with Crippen LogP contribution in [0.25, 0.3) is 0 Å². The number of carboxylic acid groups (broad SMARTS) is 1. The van der Waals surface area contributed by atoms with E-state index in [1.54, 1.807) is 0 Å². The topological polar surface area (TPSA) is 83.5 Å². The van der Waals surface area contributed by atoms with Crippen LogP contribution in [-0.2, 0) is 28.5 Å². The number of hydrogen-bond acceptors (Lipinski definition) is 6. The average molecular weight is 294 g/mol. The highest BCUT2D eigenvalue weighted by Crippen LogP contribution is 2.01. The zero-order chi connectivity index (χ0) is 15.1. The molecule has 1 N–H and O–H groups in total. The highest BCUT2D eigenvalue weighted by atomic mass is 16.7. The summed E-state index contributed by atoms with van der Waals surface area (Å²) in [7, 11) is 0. The second-order valence-corrected chi connectivity index (χ2v) is 3.80. The smallest absolute Gasteiger partial charge is 0.329 e. The fourth-order valence-corrected chi connectivity index (χ4v) is 1.37. The Hall–Kier alpha value is -0.730. The number of aliphatic carboxylic acids is 1. The van der Waals surface area contributed by atoms with Gasteiger partial charge in [0.25, 0.3) is 0 Å². The van der Waals surface area contributed by atoms with E-state index >= 15 is 0 Å². The van der Waals surface area contributed by atoms with Crippen molar-refractivity contribution in [3.05, 3.63) is 0 Å². The largest absolute Gasteiger partial charge is 0.480 e. The summed E-state index contributed by atoms with van der Waals surface area (Å²) in [5, 5.41) is 8.33. The molecule has 0 fully saturated rings. The lowest BCUT2D eigenvalue weighted by Gasteiger charge is -2.16. The van der Waals surface area contributed by atoms with Crippen molar-refractivity contribution in [3.8, 4) is 0 Å². The van der Waals surface area contributed by atoms with E-state index in [1.807, 2.05) is 13.8 Å². The molecule has 0 saturated carbocycles. The van der Waals surface area contributed by atoms with E-state index in [2.05, 4.69) is 0 Å². The Balaban J connectivity index is 3.24. The Kier molecular flexibility index (Phi) is 14.1. The van der Waals surface area contributed by atoms with Gasteiger partial charge in [-0.15, -0.1) is 0 Å². The van der Waals surface area contributed by atoms with Gasteiger partial charge >= 0.3 is 5.97 Å². The van der Waals surface area contributed by atoms with E-state index in [4.69, 9.17) is 28.8 Å². The number of rotatable bonds is 15. The summed E-state index contributed by atoms with van der Waals surface area (Å²) in [5.41, 5.74) is 0. The van der Waals surface area contributed by atoms with Crippen molar-refractivity contribution in [2.24, 2.45) is 0 Å². The minimum absolute atomic E-state index is 0.213. The molecule has 0 amide bonds.